The van der Waals surface area contributed by atoms with Crippen LogP contribution in [0.2, 0.25) is 0 Å². The number of nitrogens with two attached hydrogens (primary N) is 1. The third-order valence-electron chi connectivity index (χ3n) is 1.36. The van der Waals surface area contributed by atoms with Crippen LogP contribution in [0.15, 0.2) is 0 Å². The van der Waals surface area contributed by atoms with Gasteiger partial charge in [0.2, 0.25) is 0 Å². The number of hydrogen-bond acceptors (Lipinski definition) is 1. The molecule has 1 atom stereocenters. The third-order valence-corrected chi connectivity index (χ3v) is 1.36. The molecule has 0 fully saturated rings. The van der Waals surface area contributed by atoms with Crippen molar-refractivity contribution in [2.45, 2.75) is 54.4 Å². The van der Waals surface area contributed by atoms with Crippen LogP contribution in [-0.4, -0.2) is 6.54 Å². The summed E-state index contributed by atoms with van der Waals surface area (Å²) in [6.07, 6.45) is 2.44. The van der Waals surface area contributed by atoms with Crippen LogP contribution >= 0.6 is 0 Å². The van der Waals surface area contributed by atoms with Gasteiger partial charge in [0, 0.05) is 0 Å². The van der Waals surface area contributed by atoms with Gasteiger partial charge in [-0.05, 0) is 18.9 Å². The lowest BCUT2D eigenvalue weighted by Crippen LogP contribution is -2.04. The van der Waals surface area contributed by atoms with Crippen molar-refractivity contribution in [3.63, 3.8) is 0 Å². The maximum atomic E-state index is 5.30. The predicted molar refractivity (Wildman–Crippen MR) is 55.8 cm³/mol. The summed E-state index contributed by atoms with van der Waals surface area (Å²) < 4.78 is 0. The highest BCUT2D eigenvalue weighted by molar-refractivity contribution is 4.48. The molecule has 0 aromatic heterocycles. The summed E-state index contributed by atoms with van der Waals surface area (Å²) >= 11 is 0. The minimum atomic E-state index is 0.824. The van der Waals surface area contributed by atoms with Crippen LogP contribution < -0.4 is 5.73 Å². The molecule has 0 saturated heterocycles. The van der Waals surface area contributed by atoms with Crippen molar-refractivity contribution in [1.29, 1.82) is 0 Å². The highest BCUT2D eigenvalue weighted by Crippen LogP contribution is 2.02. The van der Waals surface area contributed by atoms with Crippen molar-refractivity contribution in [3.05, 3.63) is 0 Å². The van der Waals surface area contributed by atoms with E-state index in [1.54, 1.807) is 0 Å². The van der Waals surface area contributed by atoms with Crippen LogP contribution in [0.1, 0.15) is 54.4 Å². The van der Waals surface area contributed by atoms with Gasteiger partial charge in [-0.25, -0.2) is 0 Å². The molecule has 0 aromatic carbocycles. The standard InChI is InChI=1S/C6H15N.2C2H6/c1-3-6(2)4-5-7;2*1-2/h6H,3-5,7H2,1-2H3;2*1-2H3. The zero-order valence-electron chi connectivity index (χ0n) is 9.28. The van der Waals surface area contributed by atoms with Gasteiger partial charge in [-0.1, -0.05) is 48.0 Å². The van der Waals surface area contributed by atoms with Gasteiger partial charge in [-0.15, -0.1) is 0 Å². The molecular weight excluding hydrogens is 134 g/mol. The lowest BCUT2D eigenvalue weighted by molar-refractivity contribution is 0.524. The van der Waals surface area contributed by atoms with Crippen molar-refractivity contribution in [2.75, 3.05) is 6.54 Å². The Hall–Kier alpha value is -0.0400. The first-order valence-corrected chi connectivity index (χ1v) is 5.01. The molecule has 0 bridgehead atoms. The Bertz CT molecular complexity index is 35.9. The monoisotopic (exact) mass is 161 g/mol. The second kappa shape index (κ2) is 22.5. The van der Waals surface area contributed by atoms with Gasteiger partial charge in [-0.2, -0.15) is 0 Å². The molecular formula is C10H27N. The summed E-state index contributed by atoms with van der Waals surface area (Å²) in [6, 6.07) is 0. The predicted octanol–water partition coefficient (Wildman–Crippen LogP) is 3.43. The molecule has 0 aliphatic heterocycles. The van der Waals surface area contributed by atoms with Crippen molar-refractivity contribution in [2.24, 2.45) is 11.7 Å². The second-order valence-electron chi connectivity index (χ2n) is 2.09. The highest BCUT2D eigenvalue weighted by atomic mass is 14.5. The van der Waals surface area contributed by atoms with Gasteiger partial charge in [-0.3, -0.25) is 0 Å². The summed E-state index contributed by atoms with van der Waals surface area (Å²) in [5.74, 6) is 0.824. The van der Waals surface area contributed by atoms with E-state index in [2.05, 4.69) is 13.8 Å². The molecule has 0 radical (unpaired) electrons. The quantitative estimate of drug-likeness (QED) is 0.674. The topological polar surface area (TPSA) is 26.0 Å². The zero-order valence-corrected chi connectivity index (χ0v) is 9.28. The fraction of sp³-hybridized carbons (Fsp3) is 1.00. The molecule has 0 aliphatic carbocycles. The van der Waals surface area contributed by atoms with Gasteiger partial charge in [0.05, 0.1) is 0 Å². The van der Waals surface area contributed by atoms with Crippen molar-refractivity contribution in [3.8, 4) is 0 Å². The van der Waals surface area contributed by atoms with E-state index in [4.69, 9.17) is 5.73 Å². The first-order valence-electron chi connectivity index (χ1n) is 5.01. The molecule has 72 valence electrons. The van der Waals surface area contributed by atoms with Gasteiger partial charge < -0.3 is 5.73 Å². The molecule has 0 rings (SSSR count). The number of hydrogen-bond donors (Lipinski definition) is 1. The fourth-order valence-corrected chi connectivity index (χ4v) is 0.489. The van der Waals surface area contributed by atoms with Gasteiger partial charge in [0.25, 0.3) is 0 Å². The van der Waals surface area contributed by atoms with Gasteiger partial charge in [0.1, 0.15) is 0 Å². The summed E-state index contributed by atoms with van der Waals surface area (Å²) in [5, 5.41) is 0. The second-order valence-corrected chi connectivity index (χ2v) is 2.09. The Morgan fingerprint density at radius 2 is 1.45 bits per heavy atom. The van der Waals surface area contributed by atoms with E-state index in [0.29, 0.717) is 0 Å². The molecule has 0 amide bonds. The minimum Gasteiger partial charge on any atom is -0.330 e. The van der Waals surface area contributed by atoms with E-state index in [-0.39, 0.29) is 0 Å². The van der Waals surface area contributed by atoms with Gasteiger partial charge >= 0.3 is 0 Å². The van der Waals surface area contributed by atoms with Crippen LogP contribution in [0.4, 0.5) is 0 Å². The molecule has 1 nitrogen and oxygen atoms in total. The van der Waals surface area contributed by atoms with Crippen molar-refractivity contribution >= 4 is 0 Å². The Morgan fingerprint density at radius 3 is 1.55 bits per heavy atom. The zero-order chi connectivity index (χ0) is 9.70. The van der Waals surface area contributed by atoms with Crippen LogP contribution in [0, 0.1) is 5.92 Å². The summed E-state index contributed by atoms with van der Waals surface area (Å²) in [4.78, 5) is 0. The van der Waals surface area contributed by atoms with Crippen molar-refractivity contribution in [1.82, 2.24) is 0 Å². The lowest BCUT2D eigenvalue weighted by atomic mass is 10.1. The minimum absolute atomic E-state index is 0.824. The average Bonchev–Trinajstić information content (AvgIpc) is 2.12. The molecule has 1 heteroatoms. The van der Waals surface area contributed by atoms with E-state index >= 15 is 0 Å². The van der Waals surface area contributed by atoms with Crippen LogP contribution in [0.5, 0.6) is 0 Å². The van der Waals surface area contributed by atoms with E-state index in [1.807, 2.05) is 27.7 Å². The molecule has 11 heavy (non-hydrogen) atoms. The summed E-state index contributed by atoms with van der Waals surface area (Å²) in [5.41, 5.74) is 5.30. The molecule has 0 aliphatic rings. The SMILES string of the molecule is CC.CC.CCC(C)CCN. The summed E-state index contributed by atoms with van der Waals surface area (Å²) in [7, 11) is 0. The van der Waals surface area contributed by atoms with Crippen LogP contribution in [0.25, 0.3) is 0 Å². The molecule has 0 heterocycles. The fourth-order valence-electron chi connectivity index (χ4n) is 0.489. The number of rotatable bonds is 3. The van der Waals surface area contributed by atoms with Gasteiger partial charge in [0.15, 0.2) is 0 Å². The van der Waals surface area contributed by atoms with Crippen LogP contribution in [-0.2, 0) is 0 Å². The maximum absolute atomic E-state index is 5.30. The normalized spacial score (nSPS) is 10.1. The maximum Gasteiger partial charge on any atom is -0.00747 e. The Balaban J connectivity index is -0.000000138. The third kappa shape index (κ3) is 25.7. The molecule has 0 spiro atoms. The lowest BCUT2D eigenvalue weighted by Gasteiger charge is -2.02. The first kappa shape index (κ1) is 17.2. The first-order chi connectivity index (χ1) is 5.31. The van der Waals surface area contributed by atoms with E-state index < -0.39 is 0 Å². The Morgan fingerprint density at radius 1 is 1.09 bits per heavy atom. The highest BCUT2D eigenvalue weighted by Gasteiger charge is 1.92. The van der Waals surface area contributed by atoms with E-state index in [1.165, 1.54) is 12.8 Å². The molecule has 0 aromatic rings. The van der Waals surface area contributed by atoms with Crippen molar-refractivity contribution < 1.29 is 0 Å². The largest absolute Gasteiger partial charge is 0.330 e. The van der Waals surface area contributed by atoms with E-state index in [0.717, 1.165) is 12.5 Å². The Kier molecular flexibility index (Phi) is 35.1. The molecule has 1 unspecified atom stereocenters. The smallest absolute Gasteiger partial charge is 0.00747 e. The molecule has 2 N–H and O–H groups in total. The van der Waals surface area contributed by atoms with E-state index in [9.17, 15) is 0 Å². The molecule has 0 saturated carbocycles. The average molecular weight is 161 g/mol. The Labute approximate surface area is 73.4 Å². The summed E-state index contributed by atoms with van der Waals surface area (Å²) in [6.45, 7) is 13.3. The van der Waals surface area contributed by atoms with Crippen LogP contribution in [0.3, 0.4) is 0 Å².